The van der Waals surface area contributed by atoms with Crippen molar-refractivity contribution in [3.8, 4) is 0 Å². The van der Waals surface area contributed by atoms with Crippen LogP contribution in [0.2, 0.25) is 0 Å². The van der Waals surface area contributed by atoms with Crippen LogP contribution < -0.4 is 4.90 Å². The number of fused-ring (bicyclic) bond motifs is 1. The number of benzene rings is 1. The maximum absolute atomic E-state index is 12.3. The molecule has 1 heterocycles. The molecule has 0 fully saturated rings. The molecule has 1 aromatic carbocycles. The van der Waals surface area contributed by atoms with Gasteiger partial charge in [-0.2, -0.15) is 0 Å². The number of rotatable bonds is 3. The van der Waals surface area contributed by atoms with Crippen molar-refractivity contribution in [3.05, 3.63) is 33.9 Å². The van der Waals surface area contributed by atoms with Crippen molar-refractivity contribution in [2.45, 2.75) is 13.8 Å². The Morgan fingerprint density at radius 3 is 2.42 bits per heavy atom. The number of carbonyl (C=O) groups excluding carboxylic acids is 1. The lowest BCUT2D eigenvalue weighted by atomic mass is 10.1. The number of hydrogen-bond acceptors (Lipinski definition) is 4. The average molecular weight is 263 g/mol. The lowest BCUT2D eigenvalue weighted by molar-refractivity contribution is -0.384. The first-order valence-electron chi connectivity index (χ1n) is 6.41. The van der Waals surface area contributed by atoms with Gasteiger partial charge < -0.3 is 9.80 Å². The maximum atomic E-state index is 12.3. The second-order valence-electron chi connectivity index (χ2n) is 4.42. The minimum Gasteiger partial charge on any atom is -0.369 e. The maximum Gasteiger partial charge on any atom is 0.271 e. The van der Waals surface area contributed by atoms with Crippen LogP contribution in [-0.4, -0.2) is 41.9 Å². The van der Waals surface area contributed by atoms with Gasteiger partial charge in [0.05, 0.1) is 16.2 Å². The fourth-order valence-corrected chi connectivity index (χ4v) is 2.34. The topological polar surface area (TPSA) is 66.7 Å². The normalized spacial score (nSPS) is 15.2. The van der Waals surface area contributed by atoms with Gasteiger partial charge in [0.2, 0.25) is 0 Å². The van der Waals surface area contributed by atoms with Crippen molar-refractivity contribution in [1.82, 2.24) is 4.90 Å². The van der Waals surface area contributed by atoms with Gasteiger partial charge in [-0.25, -0.2) is 0 Å². The third kappa shape index (κ3) is 2.38. The Labute approximate surface area is 111 Å². The number of likely N-dealkylation sites (N-methyl/N-ethyl adjacent to an activating group) is 2. The molecular formula is C13H17N3O3. The minimum atomic E-state index is -0.429. The van der Waals surface area contributed by atoms with Gasteiger partial charge in [0, 0.05) is 38.3 Å². The summed E-state index contributed by atoms with van der Waals surface area (Å²) in [5.41, 5.74) is 1.24. The fraction of sp³-hybridized carbons (Fsp3) is 0.462. The molecule has 1 aliphatic rings. The van der Waals surface area contributed by atoms with Gasteiger partial charge in [0.1, 0.15) is 0 Å². The Bertz CT molecular complexity index is 516. The molecule has 1 aliphatic heterocycles. The SMILES string of the molecule is CCN1CCN(CC)c2cc([N+](=O)[O-])ccc2C1=O. The number of nitro benzene ring substituents is 1. The highest BCUT2D eigenvalue weighted by Crippen LogP contribution is 2.29. The molecule has 2 rings (SSSR count). The molecule has 6 nitrogen and oxygen atoms in total. The predicted molar refractivity (Wildman–Crippen MR) is 72.6 cm³/mol. The molecule has 0 N–H and O–H groups in total. The molecule has 0 aliphatic carbocycles. The summed E-state index contributed by atoms with van der Waals surface area (Å²) in [7, 11) is 0. The molecule has 19 heavy (non-hydrogen) atoms. The molecule has 0 saturated heterocycles. The second kappa shape index (κ2) is 5.26. The monoisotopic (exact) mass is 263 g/mol. The number of nitrogens with zero attached hydrogens (tertiary/aromatic N) is 3. The van der Waals surface area contributed by atoms with E-state index in [-0.39, 0.29) is 11.6 Å². The van der Waals surface area contributed by atoms with Crippen LogP contribution in [0.15, 0.2) is 18.2 Å². The van der Waals surface area contributed by atoms with Gasteiger partial charge in [-0.05, 0) is 19.9 Å². The zero-order valence-electron chi connectivity index (χ0n) is 11.1. The summed E-state index contributed by atoms with van der Waals surface area (Å²) < 4.78 is 0. The molecule has 0 unspecified atom stereocenters. The molecule has 102 valence electrons. The molecule has 0 bridgehead atoms. The molecule has 0 radical (unpaired) electrons. The quantitative estimate of drug-likeness (QED) is 0.617. The zero-order chi connectivity index (χ0) is 14.0. The number of hydrogen-bond donors (Lipinski definition) is 0. The van der Waals surface area contributed by atoms with Crippen molar-refractivity contribution in [2.75, 3.05) is 31.1 Å². The summed E-state index contributed by atoms with van der Waals surface area (Å²) in [5, 5.41) is 10.9. The molecule has 6 heteroatoms. The number of non-ortho nitro benzene ring substituents is 1. The molecule has 1 amide bonds. The van der Waals surface area contributed by atoms with E-state index in [4.69, 9.17) is 0 Å². The number of amides is 1. The van der Waals surface area contributed by atoms with Crippen LogP contribution in [0.1, 0.15) is 24.2 Å². The van der Waals surface area contributed by atoms with Crippen LogP contribution in [0.3, 0.4) is 0 Å². The number of carbonyl (C=O) groups is 1. The van der Waals surface area contributed by atoms with Crippen LogP contribution in [-0.2, 0) is 0 Å². The molecule has 1 aromatic rings. The number of nitro groups is 1. The van der Waals surface area contributed by atoms with E-state index in [1.807, 2.05) is 18.7 Å². The summed E-state index contributed by atoms with van der Waals surface area (Å²) in [4.78, 5) is 26.5. The minimum absolute atomic E-state index is 0.0231. The summed E-state index contributed by atoms with van der Waals surface area (Å²) in [6.45, 7) is 6.63. The Hall–Kier alpha value is -2.11. The zero-order valence-corrected chi connectivity index (χ0v) is 11.1. The van der Waals surface area contributed by atoms with Crippen LogP contribution in [0.5, 0.6) is 0 Å². The summed E-state index contributed by atoms with van der Waals surface area (Å²) in [6.07, 6.45) is 0. The van der Waals surface area contributed by atoms with Gasteiger partial charge in [0.15, 0.2) is 0 Å². The standard InChI is InChI=1S/C13H17N3O3/c1-3-14-7-8-15(4-2)13(17)11-6-5-10(16(18)19)9-12(11)14/h5-6,9H,3-4,7-8H2,1-2H3. The van der Waals surface area contributed by atoms with Crippen molar-refractivity contribution in [3.63, 3.8) is 0 Å². The van der Waals surface area contributed by atoms with Gasteiger partial charge in [-0.3, -0.25) is 14.9 Å². The molecule has 0 saturated carbocycles. The molecule has 0 atom stereocenters. The molecule has 0 aromatic heterocycles. The van der Waals surface area contributed by atoms with Gasteiger partial charge in [0.25, 0.3) is 11.6 Å². The summed E-state index contributed by atoms with van der Waals surface area (Å²) in [6, 6.07) is 4.45. The summed E-state index contributed by atoms with van der Waals surface area (Å²) in [5.74, 6) is -0.0525. The highest BCUT2D eigenvalue weighted by molar-refractivity contribution is 6.01. The van der Waals surface area contributed by atoms with E-state index in [0.717, 1.165) is 6.54 Å². The second-order valence-corrected chi connectivity index (χ2v) is 4.42. The van der Waals surface area contributed by atoms with E-state index in [1.54, 1.807) is 11.0 Å². The van der Waals surface area contributed by atoms with Crippen molar-refractivity contribution >= 4 is 17.3 Å². The van der Waals surface area contributed by atoms with Gasteiger partial charge >= 0.3 is 0 Å². The lowest BCUT2D eigenvalue weighted by Gasteiger charge is -2.22. The Balaban J connectivity index is 2.53. The summed E-state index contributed by atoms with van der Waals surface area (Å²) >= 11 is 0. The van der Waals surface area contributed by atoms with Gasteiger partial charge in [-0.15, -0.1) is 0 Å². The largest absolute Gasteiger partial charge is 0.369 e. The van der Waals surface area contributed by atoms with E-state index in [0.29, 0.717) is 30.9 Å². The first-order valence-corrected chi connectivity index (χ1v) is 6.41. The third-order valence-electron chi connectivity index (χ3n) is 3.45. The molecule has 0 spiro atoms. The first-order chi connectivity index (χ1) is 9.08. The van der Waals surface area contributed by atoms with E-state index in [2.05, 4.69) is 0 Å². The van der Waals surface area contributed by atoms with Crippen LogP contribution >= 0.6 is 0 Å². The first kappa shape index (κ1) is 13.3. The smallest absolute Gasteiger partial charge is 0.271 e. The Morgan fingerprint density at radius 2 is 1.84 bits per heavy atom. The van der Waals surface area contributed by atoms with Gasteiger partial charge in [-0.1, -0.05) is 0 Å². The average Bonchev–Trinajstić information content (AvgIpc) is 2.55. The highest BCUT2D eigenvalue weighted by atomic mass is 16.6. The fourth-order valence-electron chi connectivity index (χ4n) is 2.34. The van der Waals surface area contributed by atoms with Crippen molar-refractivity contribution < 1.29 is 9.72 Å². The van der Waals surface area contributed by atoms with Crippen LogP contribution in [0, 0.1) is 10.1 Å². The van der Waals surface area contributed by atoms with Crippen LogP contribution in [0.4, 0.5) is 11.4 Å². The Morgan fingerprint density at radius 1 is 1.21 bits per heavy atom. The van der Waals surface area contributed by atoms with Crippen molar-refractivity contribution in [2.24, 2.45) is 0 Å². The van der Waals surface area contributed by atoms with E-state index < -0.39 is 4.92 Å². The van der Waals surface area contributed by atoms with E-state index in [1.165, 1.54) is 12.1 Å². The van der Waals surface area contributed by atoms with Crippen LogP contribution in [0.25, 0.3) is 0 Å². The van der Waals surface area contributed by atoms with E-state index in [9.17, 15) is 14.9 Å². The molecular weight excluding hydrogens is 246 g/mol. The predicted octanol–water partition coefficient (Wildman–Crippen LogP) is 1.90. The third-order valence-corrected chi connectivity index (χ3v) is 3.45. The van der Waals surface area contributed by atoms with E-state index >= 15 is 0 Å². The Kier molecular flexibility index (Phi) is 3.69. The number of anilines is 1. The lowest BCUT2D eigenvalue weighted by Crippen LogP contribution is -2.34. The highest BCUT2D eigenvalue weighted by Gasteiger charge is 2.26. The van der Waals surface area contributed by atoms with Crippen molar-refractivity contribution in [1.29, 1.82) is 0 Å².